The van der Waals surface area contributed by atoms with Gasteiger partial charge in [-0.1, -0.05) is 5.16 Å². The van der Waals surface area contributed by atoms with Crippen molar-refractivity contribution in [2.24, 2.45) is 0 Å². The monoisotopic (exact) mass is 385 g/mol. The maximum Gasteiger partial charge on any atom is 0.181 e. The van der Waals surface area contributed by atoms with E-state index in [4.69, 9.17) is 4.52 Å². The lowest BCUT2D eigenvalue weighted by Gasteiger charge is -2.08. The normalized spacial score (nSPS) is 11.8. The Kier molecular flexibility index (Phi) is 4.35. The predicted octanol–water partition coefficient (Wildman–Crippen LogP) is 4.28. The van der Waals surface area contributed by atoms with Gasteiger partial charge in [-0.25, -0.2) is 26.0 Å². The van der Waals surface area contributed by atoms with E-state index in [2.05, 4.69) is 5.16 Å². The van der Waals surface area contributed by atoms with E-state index in [9.17, 15) is 26.0 Å². The first-order valence-electron chi connectivity index (χ1n) is 7.20. The summed E-state index contributed by atoms with van der Waals surface area (Å²) >= 11 is 0. The van der Waals surface area contributed by atoms with Gasteiger partial charge in [0.2, 0.25) is 0 Å². The first-order valence-corrected chi connectivity index (χ1v) is 9.10. The third-order valence-electron chi connectivity index (χ3n) is 3.71. The zero-order chi connectivity index (χ0) is 19.2. The van der Waals surface area contributed by atoms with Crippen molar-refractivity contribution in [1.82, 2.24) is 5.16 Å². The second-order valence-electron chi connectivity index (χ2n) is 5.63. The first kappa shape index (κ1) is 18.1. The van der Waals surface area contributed by atoms with Crippen LogP contribution >= 0.6 is 0 Å². The van der Waals surface area contributed by atoms with E-state index in [0.717, 1.165) is 24.3 Å². The first-order chi connectivity index (χ1) is 12.1. The minimum absolute atomic E-state index is 0.0345. The number of aromatic nitrogens is 1. The summed E-state index contributed by atoms with van der Waals surface area (Å²) in [6.45, 7) is 1.46. The van der Waals surface area contributed by atoms with Crippen LogP contribution in [0.25, 0.3) is 22.4 Å². The molecule has 0 spiro atoms. The molecule has 0 radical (unpaired) electrons. The molecule has 0 saturated heterocycles. The van der Waals surface area contributed by atoms with Crippen molar-refractivity contribution in [1.29, 1.82) is 0 Å². The highest BCUT2D eigenvalue weighted by molar-refractivity contribution is 7.90. The molecule has 0 fully saturated rings. The van der Waals surface area contributed by atoms with Crippen LogP contribution in [0.2, 0.25) is 0 Å². The smallest absolute Gasteiger partial charge is 0.181 e. The molecule has 0 saturated carbocycles. The predicted molar refractivity (Wildman–Crippen MR) is 85.1 cm³/mol. The maximum atomic E-state index is 14.2. The molecule has 0 aliphatic heterocycles. The fourth-order valence-electron chi connectivity index (χ4n) is 2.61. The summed E-state index contributed by atoms with van der Waals surface area (Å²) in [5.41, 5.74) is 0.246. The summed E-state index contributed by atoms with van der Waals surface area (Å²) < 4.78 is 83.1. The van der Waals surface area contributed by atoms with Crippen molar-refractivity contribution in [3.05, 3.63) is 59.4 Å². The summed E-state index contributed by atoms with van der Waals surface area (Å²) in [6.07, 6.45) is 0.686. The molecule has 3 rings (SSSR count). The number of benzene rings is 2. The molecule has 0 aliphatic rings. The van der Waals surface area contributed by atoms with E-state index in [1.54, 1.807) is 0 Å². The second-order valence-corrected chi connectivity index (χ2v) is 7.59. The molecule has 9 heteroatoms. The van der Waals surface area contributed by atoms with Crippen LogP contribution in [0.3, 0.4) is 0 Å². The minimum Gasteiger partial charge on any atom is -0.360 e. The highest BCUT2D eigenvalue weighted by atomic mass is 32.2. The zero-order valence-electron chi connectivity index (χ0n) is 13.5. The second kappa shape index (κ2) is 6.24. The van der Waals surface area contributed by atoms with Crippen LogP contribution in [0, 0.1) is 30.2 Å². The lowest BCUT2D eigenvalue weighted by atomic mass is 9.99. The molecule has 2 aromatic carbocycles. The number of halogens is 4. The quantitative estimate of drug-likeness (QED) is 0.632. The van der Waals surface area contributed by atoms with Crippen molar-refractivity contribution >= 4 is 9.84 Å². The number of hydrogen-bond donors (Lipinski definition) is 0. The molecule has 26 heavy (non-hydrogen) atoms. The molecule has 3 aromatic rings. The molecule has 0 N–H and O–H groups in total. The highest BCUT2D eigenvalue weighted by Crippen LogP contribution is 2.36. The average molecular weight is 385 g/mol. The number of aryl methyl sites for hydroxylation is 1. The fourth-order valence-corrected chi connectivity index (χ4v) is 3.44. The fraction of sp³-hybridized carbons (Fsp3) is 0.118. The van der Waals surface area contributed by atoms with Gasteiger partial charge in [-0.05, 0) is 42.8 Å². The molecule has 4 nitrogen and oxygen atoms in total. The summed E-state index contributed by atoms with van der Waals surface area (Å²) in [6, 6.07) is 4.63. The molecule has 0 bridgehead atoms. The molecule has 1 aromatic heterocycles. The Morgan fingerprint density at radius 2 is 1.46 bits per heavy atom. The van der Waals surface area contributed by atoms with Gasteiger partial charge in [0, 0.05) is 11.8 Å². The average Bonchev–Trinajstić information content (AvgIpc) is 2.89. The summed E-state index contributed by atoms with van der Waals surface area (Å²) in [5, 5.41) is 3.74. The van der Waals surface area contributed by atoms with Crippen molar-refractivity contribution in [3.63, 3.8) is 0 Å². The molecule has 0 aliphatic carbocycles. The van der Waals surface area contributed by atoms with Crippen molar-refractivity contribution < 1.29 is 30.5 Å². The Labute approximate surface area is 146 Å². The van der Waals surface area contributed by atoms with E-state index < -0.39 is 38.0 Å². The Bertz CT molecular complexity index is 1100. The Morgan fingerprint density at radius 1 is 0.885 bits per heavy atom. The van der Waals surface area contributed by atoms with Gasteiger partial charge in [-0.2, -0.15) is 0 Å². The Hall–Kier alpha value is -2.68. The third-order valence-corrected chi connectivity index (χ3v) is 4.85. The minimum atomic E-state index is -4.11. The van der Waals surface area contributed by atoms with Gasteiger partial charge in [0.05, 0.1) is 5.56 Å². The molecule has 136 valence electrons. The topological polar surface area (TPSA) is 60.2 Å². The van der Waals surface area contributed by atoms with Crippen LogP contribution in [-0.2, 0) is 9.84 Å². The number of nitrogens with zero attached hydrogens (tertiary/aromatic N) is 1. The van der Waals surface area contributed by atoms with E-state index in [-0.39, 0.29) is 28.1 Å². The van der Waals surface area contributed by atoms with Gasteiger partial charge in [0.15, 0.2) is 21.5 Å². The molecule has 0 amide bonds. The van der Waals surface area contributed by atoms with Crippen LogP contribution in [-0.4, -0.2) is 19.8 Å². The van der Waals surface area contributed by atoms with Gasteiger partial charge in [0.25, 0.3) is 0 Å². The summed E-state index contributed by atoms with van der Waals surface area (Å²) in [7, 11) is -4.11. The number of hydrogen-bond acceptors (Lipinski definition) is 4. The van der Waals surface area contributed by atoms with E-state index in [1.807, 2.05) is 0 Å². The van der Waals surface area contributed by atoms with E-state index >= 15 is 0 Å². The van der Waals surface area contributed by atoms with Crippen LogP contribution in [0.4, 0.5) is 17.6 Å². The lowest BCUT2D eigenvalue weighted by molar-refractivity contribution is 0.400. The van der Waals surface area contributed by atoms with Gasteiger partial charge >= 0.3 is 0 Å². The third kappa shape index (κ3) is 3.10. The van der Waals surface area contributed by atoms with Gasteiger partial charge in [0.1, 0.15) is 28.0 Å². The Balaban J connectivity index is 2.23. The van der Waals surface area contributed by atoms with Crippen LogP contribution in [0.1, 0.15) is 5.76 Å². The van der Waals surface area contributed by atoms with Gasteiger partial charge in [-0.3, -0.25) is 0 Å². The van der Waals surface area contributed by atoms with Gasteiger partial charge in [-0.15, -0.1) is 0 Å². The molecular weight excluding hydrogens is 374 g/mol. The van der Waals surface area contributed by atoms with Gasteiger partial charge < -0.3 is 4.52 Å². The zero-order valence-corrected chi connectivity index (χ0v) is 14.3. The van der Waals surface area contributed by atoms with E-state index in [0.29, 0.717) is 6.26 Å². The van der Waals surface area contributed by atoms with Crippen LogP contribution in [0.15, 0.2) is 39.8 Å². The largest absolute Gasteiger partial charge is 0.360 e. The van der Waals surface area contributed by atoms with Crippen LogP contribution < -0.4 is 0 Å². The van der Waals surface area contributed by atoms with Crippen LogP contribution in [0.5, 0.6) is 0 Å². The Morgan fingerprint density at radius 3 is 2.00 bits per heavy atom. The van der Waals surface area contributed by atoms with Crippen molar-refractivity contribution in [2.75, 3.05) is 6.26 Å². The summed E-state index contributed by atoms with van der Waals surface area (Å²) in [4.78, 5) is -1.05. The van der Waals surface area contributed by atoms with Crippen molar-refractivity contribution in [2.45, 2.75) is 11.8 Å². The molecule has 0 unspecified atom stereocenters. The molecular formula is C17H11F4NO3S. The summed E-state index contributed by atoms with van der Waals surface area (Å²) in [5.74, 6) is -4.58. The standard InChI is InChI=1S/C17H11F4NO3S/c1-8-15(10-6-13(20)17(14(21)7-10)26(2,23)24)16(22-25-8)9-3-4-11(18)12(19)5-9/h3-7H,1-2H3. The highest BCUT2D eigenvalue weighted by Gasteiger charge is 2.24. The number of rotatable bonds is 3. The van der Waals surface area contributed by atoms with E-state index in [1.165, 1.54) is 13.0 Å². The SMILES string of the molecule is Cc1onc(-c2ccc(F)c(F)c2)c1-c1cc(F)c(S(C)(=O)=O)c(F)c1. The number of sulfone groups is 1. The maximum absolute atomic E-state index is 14.2. The lowest BCUT2D eigenvalue weighted by Crippen LogP contribution is -2.05. The molecule has 1 heterocycles. The molecule has 0 atom stereocenters. The van der Waals surface area contributed by atoms with Crippen molar-refractivity contribution in [3.8, 4) is 22.4 Å².